The van der Waals surface area contributed by atoms with Crippen molar-refractivity contribution in [3.63, 3.8) is 0 Å². The summed E-state index contributed by atoms with van der Waals surface area (Å²) < 4.78 is 43.5. The van der Waals surface area contributed by atoms with Crippen LogP contribution in [0.1, 0.15) is 16.2 Å². The fourth-order valence-corrected chi connectivity index (χ4v) is 3.31. The summed E-state index contributed by atoms with van der Waals surface area (Å²) in [6, 6.07) is 10.2. The SMILES string of the molecule is O=C(NCC(O)(c1ccco1)c1cccs1)Nc1cccc(C(F)(F)F)c1. The average Bonchev–Trinajstić information content (AvgIpc) is 3.33. The number of nitrogens with one attached hydrogen (secondary N) is 2. The van der Waals surface area contributed by atoms with Gasteiger partial charge >= 0.3 is 12.2 Å². The number of aliphatic hydroxyl groups is 1. The minimum absolute atomic E-state index is 0.0139. The van der Waals surface area contributed by atoms with E-state index in [0.717, 1.165) is 12.1 Å². The predicted octanol–water partition coefficient (Wildman–Crippen LogP) is 4.42. The predicted molar refractivity (Wildman–Crippen MR) is 94.5 cm³/mol. The number of alkyl halides is 3. The van der Waals surface area contributed by atoms with E-state index >= 15 is 0 Å². The summed E-state index contributed by atoms with van der Waals surface area (Å²) in [5.74, 6) is 0.240. The first-order valence-corrected chi connectivity index (χ1v) is 8.69. The third-order valence-electron chi connectivity index (χ3n) is 3.81. The molecule has 0 saturated carbocycles. The van der Waals surface area contributed by atoms with E-state index in [9.17, 15) is 23.1 Å². The first kappa shape index (κ1) is 19.0. The van der Waals surface area contributed by atoms with Gasteiger partial charge in [-0.15, -0.1) is 11.3 Å². The third-order valence-corrected chi connectivity index (χ3v) is 4.83. The molecule has 0 saturated heterocycles. The fraction of sp³-hybridized carbons (Fsp3) is 0.167. The molecule has 0 bridgehead atoms. The highest BCUT2D eigenvalue weighted by atomic mass is 32.1. The Morgan fingerprint density at radius 1 is 1.15 bits per heavy atom. The standard InChI is InChI=1S/C18H15F3N2O3S/c19-18(20,21)12-4-1-5-13(10-12)23-16(24)22-11-17(25,14-6-2-8-26-14)15-7-3-9-27-15/h1-10,25H,11H2,(H2,22,23,24). The molecular formula is C18H15F3N2O3S. The molecule has 2 aromatic heterocycles. The molecule has 0 aliphatic carbocycles. The van der Waals surface area contributed by atoms with Crippen LogP contribution in [0.2, 0.25) is 0 Å². The Labute approximate surface area is 156 Å². The van der Waals surface area contributed by atoms with E-state index in [2.05, 4.69) is 10.6 Å². The van der Waals surface area contributed by atoms with E-state index in [4.69, 9.17) is 4.42 Å². The highest BCUT2D eigenvalue weighted by molar-refractivity contribution is 7.10. The molecular weight excluding hydrogens is 381 g/mol. The van der Waals surface area contributed by atoms with Crippen molar-refractivity contribution in [1.82, 2.24) is 5.32 Å². The highest BCUT2D eigenvalue weighted by Gasteiger charge is 2.36. The van der Waals surface area contributed by atoms with Gasteiger partial charge in [-0.1, -0.05) is 12.1 Å². The maximum atomic E-state index is 12.8. The number of amides is 2. The Morgan fingerprint density at radius 3 is 2.59 bits per heavy atom. The number of urea groups is 1. The summed E-state index contributed by atoms with van der Waals surface area (Å²) in [4.78, 5) is 12.7. The van der Waals surface area contributed by atoms with Crippen LogP contribution in [0.25, 0.3) is 0 Å². The van der Waals surface area contributed by atoms with Crippen molar-refractivity contribution in [2.75, 3.05) is 11.9 Å². The Hall–Kier alpha value is -2.78. The summed E-state index contributed by atoms with van der Waals surface area (Å²) >= 11 is 1.28. The number of benzene rings is 1. The molecule has 3 aromatic rings. The third kappa shape index (κ3) is 4.32. The number of hydrogen-bond donors (Lipinski definition) is 3. The molecule has 1 atom stereocenters. The lowest BCUT2D eigenvalue weighted by Gasteiger charge is -2.25. The van der Waals surface area contributed by atoms with Gasteiger partial charge in [0.1, 0.15) is 5.76 Å². The average molecular weight is 396 g/mol. The van der Waals surface area contributed by atoms with Crippen molar-refractivity contribution in [2.45, 2.75) is 11.8 Å². The Morgan fingerprint density at radius 2 is 1.96 bits per heavy atom. The molecule has 9 heteroatoms. The van der Waals surface area contributed by atoms with Gasteiger partial charge in [0.2, 0.25) is 0 Å². The largest absolute Gasteiger partial charge is 0.466 e. The molecule has 2 amide bonds. The van der Waals surface area contributed by atoms with Crippen LogP contribution >= 0.6 is 11.3 Å². The number of rotatable bonds is 5. The quantitative estimate of drug-likeness (QED) is 0.598. The van der Waals surface area contributed by atoms with E-state index in [1.165, 1.54) is 29.7 Å². The summed E-state index contributed by atoms with van der Waals surface area (Å²) in [7, 11) is 0. The van der Waals surface area contributed by atoms with Gasteiger partial charge in [0.15, 0.2) is 5.60 Å². The topological polar surface area (TPSA) is 74.5 Å². The molecule has 5 nitrogen and oxygen atoms in total. The van der Waals surface area contributed by atoms with Gasteiger partial charge in [-0.3, -0.25) is 0 Å². The number of furan rings is 1. The summed E-state index contributed by atoms with van der Waals surface area (Å²) in [6.45, 7) is -0.230. The Bertz CT molecular complexity index is 859. The number of carbonyl (C=O) groups excluding carboxylic acids is 1. The maximum Gasteiger partial charge on any atom is 0.416 e. The van der Waals surface area contributed by atoms with Crippen molar-refractivity contribution in [3.05, 3.63) is 76.4 Å². The van der Waals surface area contributed by atoms with Crippen molar-refractivity contribution in [3.8, 4) is 0 Å². The second-order valence-electron chi connectivity index (χ2n) is 5.70. The zero-order valence-corrected chi connectivity index (χ0v) is 14.6. The molecule has 0 fully saturated rings. The lowest BCUT2D eigenvalue weighted by atomic mass is 9.99. The highest BCUT2D eigenvalue weighted by Crippen LogP contribution is 2.33. The Balaban J connectivity index is 1.71. The maximum absolute atomic E-state index is 12.8. The lowest BCUT2D eigenvalue weighted by molar-refractivity contribution is -0.137. The number of carbonyl (C=O) groups is 1. The minimum Gasteiger partial charge on any atom is -0.466 e. The number of halogens is 3. The molecule has 0 radical (unpaired) electrons. The smallest absolute Gasteiger partial charge is 0.416 e. The van der Waals surface area contributed by atoms with Crippen LogP contribution in [0.15, 0.2) is 64.6 Å². The second-order valence-corrected chi connectivity index (χ2v) is 6.65. The van der Waals surface area contributed by atoms with E-state index < -0.39 is 23.4 Å². The van der Waals surface area contributed by atoms with E-state index in [0.29, 0.717) is 4.88 Å². The molecule has 1 aromatic carbocycles. The van der Waals surface area contributed by atoms with Gasteiger partial charge in [-0.2, -0.15) is 13.2 Å². The first-order valence-electron chi connectivity index (χ1n) is 7.81. The van der Waals surface area contributed by atoms with Crippen LogP contribution in [0.5, 0.6) is 0 Å². The van der Waals surface area contributed by atoms with E-state index in [1.807, 2.05) is 0 Å². The van der Waals surface area contributed by atoms with Crippen molar-refractivity contribution < 1.29 is 27.5 Å². The number of thiophene rings is 1. The van der Waals surface area contributed by atoms with Gasteiger partial charge in [0, 0.05) is 10.6 Å². The molecule has 2 heterocycles. The molecule has 3 rings (SSSR count). The molecule has 0 aliphatic heterocycles. The molecule has 142 valence electrons. The minimum atomic E-state index is -4.51. The molecule has 27 heavy (non-hydrogen) atoms. The van der Waals surface area contributed by atoms with Gasteiger partial charge < -0.3 is 20.2 Å². The van der Waals surface area contributed by atoms with Crippen LogP contribution < -0.4 is 10.6 Å². The number of hydrogen-bond acceptors (Lipinski definition) is 4. The summed E-state index contributed by atoms with van der Waals surface area (Å²) in [6.07, 6.45) is -3.11. The molecule has 0 aliphatic rings. The summed E-state index contributed by atoms with van der Waals surface area (Å²) in [5.41, 5.74) is -2.48. The lowest BCUT2D eigenvalue weighted by Crippen LogP contribution is -2.42. The molecule has 3 N–H and O–H groups in total. The van der Waals surface area contributed by atoms with Crippen LogP contribution in [-0.4, -0.2) is 17.7 Å². The van der Waals surface area contributed by atoms with Crippen LogP contribution in [0, 0.1) is 0 Å². The number of anilines is 1. The van der Waals surface area contributed by atoms with Gasteiger partial charge in [0.25, 0.3) is 0 Å². The van der Waals surface area contributed by atoms with E-state index in [-0.39, 0.29) is 18.0 Å². The monoisotopic (exact) mass is 396 g/mol. The first-order chi connectivity index (χ1) is 12.8. The fourth-order valence-electron chi connectivity index (χ4n) is 2.48. The van der Waals surface area contributed by atoms with Gasteiger partial charge in [-0.25, -0.2) is 4.79 Å². The van der Waals surface area contributed by atoms with Gasteiger partial charge in [0.05, 0.1) is 18.4 Å². The van der Waals surface area contributed by atoms with Crippen LogP contribution in [0.4, 0.5) is 23.7 Å². The van der Waals surface area contributed by atoms with Crippen molar-refractivity contribution in [2.24, 2.45) is 0 Å². The van der Waals surface area contributed by atoms with Crippen molar-refractivity contribution >= 4 is 23.1 Å². The zero-order chi connectivity index (χ0) is 19.5. The summed E-state index contributed by atoms with van der Waals surface area (Å²) in [5, 5.41) is 17.6. The normalized spacial score (nSPS) is 13.8. The Kier molecular flexibility index (Phi) is 5.24. The van der Waals surface area contributed by atoms with E-state index in [1.54, 1.807) is 29.6 Å². The van der Waals surface area contributed by atoms with Crippen LogP contribution in [0.3, 0.4) is 0 Å². The molecule has 1 unspecified atom stereocenters. The zero-order valence-electron chi connectivity index (χ0n) is 13.8. The van der Waals surface area contributed by atoms with Crippen LogP contribution in [-0.2, 0) is 11.8 Å². The molecule has 0 spiro atoms. The van der Waals surface area contributed by atoms with Gasteiger partial charge in [-0.05, 0) is 41.8 Å². The van der Waals surface area contributed by atoms with Crippen molar-refractivity contribution in [1.29, 1.82) is 0 Å². The second kappa shape index (κ2) is 7.45.